The fourth-order valence-electron chi connectivity index (χ4n) is 4.90. The highest BCUT2D eigenvalue weighted by Crippen LogP contribution is 2.39. The molecule has 0 N–H and O–H groups in total. The summed E-state index contributed by atoms with van der Waals surface area (Å²) in [5, 5.41) is 9.66. The van der Waals surface area contributed by atoms with Crippen LogP contribution in [0.2, 0.25) is 0 Å². The number of para-hydroxylation sites is 2. The van der Waals surface area contributed by atoms with Crippen LogP contribution in [0.5, 0.6) is 0 Å². The minimum Gasteiger partial charge on any atom is -0.455 e. The Hall–Kier alpha value is -4.17. The predicted molar refractivity (Wildman–Crippen MR) is 129 cm³/mol. The first-order chi connectivity index (χ1) is 15.4. The average molecular weight is 395 g/mol. The van der Waals surface area contributed by atoms with Gasteiger partial charge in [0.25, 0.3) is 0 Å². The van der Waals surface area contributed by atoms with Gasteiger partial charge in [-0.1, -0.05) is 78.9 Å². The number of nitrogens with zero attached hydrogens (tertiary/aromatic N) is 1. The molecule has 31 heavy (non-hydrogen) atoms. The highest BCUT2D eigenvalue weighted by Gasteiger charge is 2.15. The lowest BCUT2D eigenvalue weighted by atomic mass is 9.95. The second-order valence-electron chi connectivity index (χ2n) is 7.98. The number of hydrogen-bond donors (Lipinski definition) is 0. The van der Waals surface area contributed by atoms with Crippen molar-refractivity contribution in [3.63, 3.8) is 0 Å². The summed E-state index contributed by atoms with van der Waals surface area (Å²) in [7, 11) is 0. The SMILES string of the molecule is c1ccc2c(c1)ccc1c3ccnc(-c4cccc5c4oc4ccccc45)c3ccc21. The van der Waals surface area contributed by atoms with Gasteiger partial charge in [-0.2, -0.15) is 0 Å². The van der Waals surface area contributed by atoms with Crippen LogP contribution < -0.4 is 0 Å². The van der Waals surface area contributed by atoms with Gasteiger partial charge in [-0.25, -0.2) is 0 Å². The van der Waals surface area contributed by atoms with Gasteiger partial charge in [0.15, 0.2) is 0 Å². The van der Waals surface area contributed by atoms with Crippen molar-refractivity contribution in [2.45, 2.75) is 0 Å². The lowest BCUT2D eigenvalue weighted by Gasteiger charge is -2.11. The molecule has 2 nitrogen and oxygen atoms in total. The van der Waals surface area contributed by atoms with Crippen LogP contribution >= 0.6 is 0 Å². The van der Waals surface area contributed by atoms with Gasteiger partial charge in [0, 0.05) is 27.9 Å². The van der Waals surface area contributed by atoms with Crippen molar-refractivity contribution < 1.29 is 4.42 Å². The minimum atomic E-state index is 0.891. The van der Waals surface area contributed by atoms with Crippen LogP contribution in [0.15, 0.2) is 108 Å². The molecule has 2 heteroatoms. The standard InChI is InChI=1S/C29H17NO/c1-2-7-19-18(6-1)12-13-21-20(19)14-15-24-22(21)16-17-30-28(24)26-10-5-9-25-23-8-3-4-11-27(23)31-29(25)26/h1-17H. The quantitative estimate of drug-likeness (QED) is 0.262. The van der Waals surface area contributed by atoms with E-state index < -0.39 is 0 Å². The Bertz CT molecular complexity index is 1790. The zero-order chi connectivity index (χ0) is 20.4. The van der Waals surface area contributed by atoms with Gasteiger partial charge >= 0.3 is 0 Å². The lowest BCUT2D eigenvalue weighted by molar-refractivity contribution is 0.670. The zero-order valence-corrected chi connectivity index (χ0v) is 16.7. The first kappa shape index (κ1) is 16.6. The molecule has 0 radical (unpaired) electrons. The third kappa shape index (κ3) is 2.30. The van der Waals surface area contributed by atoms with Gasteiger partial charge in [-0.3, -0.25) is 4.98 Å². The van der Waals surface area contributed by atoms with E-state index in [0.717, 1.165) is 38.6 Å². The van der Waals surface area contributed by atoms with Gasteiger partial charge in [-0.15, -0.1) is 0 Å². The molecule has 0 amide bonds. The van der Waals surface area contributed by atoms with Gasteiger partial charge in [-0.05, 0) is 45.1 Å². The molecule has 0 saturated carbocycles. The van der Waals surface area contributed by atoms with E-state index in [1.54, 1.807) is 0 Å². The van der Waals surface area contributed by atoms with Crippen molar-refractivity contribution in [3.8, 4) is 11.3 Å². The van der Waals surface area contributed by atoms with Gasteiger partial charge in [0.05, 0.1) is 5.69 Å². The number of hydrogen-bond acceptors (Lipinski definition) is 2. The van der Waals surface area contributed by atoms with Crippen molar-refractivity contribution in [1.29, 1.82) is 0 Å². The number of furan rings is 1. The summed E-state index contributed by atoms with van der Waals surface area (Å²) in [5.74, 6) is 0. The van der Waals surface area contributed by atoms with E-state index in [2.05, 4.69) is 84.9 Å². The summed E-state index contributed by atoms with van der Waals surface area (Å²) < 4.78 is 6.29. The summed E-state index contributed by atoms with van der Waals surface area (Å²) >= 11 is 0. The first-order valence-electron chi connectivity index (χ1n) is 10.5. The Morgan fingerprint density at radius 1 is 0.484 bits per heavy atom. The molecule has 0 spiro atoms. The van der Waals surface area contributed by atoms with Crippen LogP contribution in [0.25, 0.3) is 65.5 Å². The molecule has 0 aliphatic carbocycles. The first-order valence-corrected chi connectivity index (χ1v) is 10.5. The smallest absolute Gasteiger partial charge is 0.144 e. The summed E-state index contributed by atoms with van der Waals surface area (Å²) in [6.07, 6.45) is 1.91. The summed E-state index contributed by atoms with van der Waals surface area (Å²) in [6, 6.07) is 34.1. The topological polar surface area (TPSA) is 26.0 Å². The number of fused-ring (bicyclic) bond motifs is 8. The Balaban J connectivity index is 1.58. The van der Waals surface area contributed by atoms with Crippen LogP contribution in [0.4, 0.5) is 0 Å². The van der Waals surface area contributed by atoms with Gasteiger partial charge in [0.2, 0.25) is 0 Å². The van der Waals surface area contributed by atoms with E-state index in [9.17, 15) is 0 Å². The van der Waals surface area contributed by atoms with Crippen LogP contribution in [0.3, 0.4) is 0 Å². The molecule has 2 heterocycles. The average Bonchev–Trinajstić information content (AvgIpc) is 3.22. The third-order valence-electron chi connectivity index (χ3n) is 6.33. The summed E-state index contributed by atoms with van der Waals surface area (Å²) in [5.41, 5.74) is 3.78. The van der Waals surface area contributed by atoms with Crippen molar-refractivity contribution in [2.75, 3.05) is 0 Å². The molecule has 5 aromatic carbocycles. The molecule has 7 aromatic rings. The monoisotopic (exact) mass is 395 g/mol. The van der Waals surface area contributed by atoms with E-state index in [0.29, 0.717) is 0 Å². The van der Waals surface area contributed by atoms with Crippen LogP contribution in [-0.2, 0) is 0 Å². The maximum absolute atomic E-state index is 6.29. The Morgan fingerprint density at radius 3 is 2.16 bits per heavy atom. The van der Waals surface area contributed by atoms with E-state index in [-0.39, 0.29) is 0 Å². The molecule has 144 valence electrons. The summed E-state index contributed by atoms with van der Waals surface area (Å²) in [6.45, 7) is 0. The van der Waals surface area contributed by atoms with E-state index >= 15 is 0 Å². The molecule has 0 aliphatic heterocycles. The maximum Gasteiger partial charge on any atom is 0.144 e. The fourth-order valence-corrected chi connectivity index (χ4v) is 4.90. The van der Waals surface area contributed by atoms with E-state index in [1.165, 1.54) is 26.9 Å². The van der Waals surface area contributed by atoms with Crippen LogP contribution in [0.1, 0.15) is 0 Å². The van der Waals surface area contributed by atoms with Crippen molar-refractivity contribution in [3.05, 3.63) is 103 Å². The number of benzene rings is 5. The summed E-state index contributed by atoms with van der Waals surface area (Å²) in [4.78, 5) is 4.81. The fraction of sp³-hybridized carbons (Fsp3) is 0. The van der Waals surface area contributed by atoms with Gasteiger partial charge < -0.3 is 4.42 Å². The number of pyridine rings is 1. The van der Waals surface area contributed by atoms with E-state index in [1.807, 2.05) is 18.3 Å². The molecule has 2 aromatic heterocycles. The van der Waals surface area contributed by atoms with E-state index in [4.69, 9.17) is 9.40 Å². The molecule has 7 rings (SSSR count). The second-order valence-corrected chi connectivity index (χ2v) is 7.98. The molecule has 0 bridgehead atoms. The maximum atomic E-state index is 6.29. The van der Waals surface area contributed by atoms with Gasteiger partial charge in [0.1, 0.15) is 11.2 Å². The molecule has 0 unspecified atom stereocenters. The highest BCUT2D eigenvalue weighted by atomic mass is 16.3. The van der Waals surface area contributed by atoms with Crippen LogP contribution in [0, 0.1) is 0 Å². The Kier molecular flexibility index (Phi) is 3.30. The molecular weight excluding hydrogens is 378 g/mol. The van der Waals surface area contributed by atoms with Crippen molar-refractivity contribution in [2.24, 2.45) is 0 Å². The zero-order valence-electron chi connectivity index (χ0n) is 16.7. The molecular formula is C29H17NO. The predicted octanol–water partition coefficient (Wildman–Crippen LogP) is 8.11. The Labute approximate surface area is 178 Å². The number of rotatable bonds is 1. The second kappa shape index (κ2) is 6.16. The molecule has 0 aliphatic rings. The number of aromatic nitrogens is 1. The van der Waals surface area contributed by atoms with Crippen molar-refractivity contribution >= 4 is 54.3 Å². The third-order valence-corrected chi connectivity index (χ3v) is 6.33. The largest absolute Gasteiger partial charge is 0.455 e. The minimum absolute atomic E-state index is 0.891. The molecule has 0 saturated heterocycles. The molecule has 0 fully saturated rings. The molecule has 0 atom stereocenters. The highest BCUT2D eigenvalue weighted by molar-refractivity contribution is 6.20. The Morgan fingerprint density at radius 2 is 1.19 bits per heavy atom. The van der Waals surface area contributed by atoms with Crippen molar-refractivity contribution in [1.82, 2.24) is 4.98 Å². The normalized spacial score (nSPS) is 11.9. The lowest BCUT2D eigenvalue weighted by Crippen LogP contribution is -1.88. The van der Waals surface area contributed by atoms with Crippen LogP contribution in [-0.4, -0.2) is 4.98 Å².